The zero-order valence-corrected chi connectivity index (χ0v) is 12.6. The molecule has 5 nitrogen and oxygen atoms in total. The van der Waals surface area contributed by atoms with Gasteiger partial charge in [0.15, 0.2) is 0 Å². The SMILES string of the molecule is Cc1ccsc1C(=O)N1CCN(C(=O)c2ccoc2)CC1. The van der Waals surface area contributed by atoms with E-state index in [2.05, 4.69) is 0 Å². The lowest BCUT2D eigenvalue weighted by Crippen LogP contribution is -2.50. The van der Waals surface area contributed by atoms with Crippen LogP contribution in [0.4, 0.5) is 0 Å². The zero-order valence-electron chi connectivity index (χ0n) is 11.7. The second-order valence-corrected chi connectivity index (χ2v) is 5.95. The lowest BCUT2D eigenvalue weighted by atomic mass is 10.2. The number of hydrogen-bond donors (Lipinski definition) is 0. The lowest BCUT2D eigenvalue weighted by molar-refractivity contribution is 0.0537. The molecule has 3 heterocycles. The summed E-state index contributed by atoms with van der Waals surface area (Å²) in [6, 6.07) is 3.62. The van der Waals surface area contributed by atoms with Gasteiger partial charge in [-0.1, -0.05) is 0 Å². The van der Waals surface area contributed by atoms with Crippen molar-refractivity contribution in [1.82, 2.24) is 9.80 Å². The van der Waals surface area contributed by atoms with Crippen molar-refractivity contribution in [3.63, 3.8) is 0 Å². The summed E-state index contributed by atoms with van der Waals surface area (Å²) < 4.78 is 4.94. The molecule has 0 unspecified atom stereocenters. The van der Waals surface area contributed by atoms with Gasteiger partial charge in [-0.15, -0.1) is 11.3 Å². The maximum absolute atomic E-state index is 12.4. The average molecular weight is 304 g/mol. The second-order valence-electron chi connectivity index (χ2n) is 5.03. The van der Waals surface area contributed by atoms with Crippen molar-refractivity contribution < 1.29 is 14.0 Å². The standard InChI is InChI=1S/C15H16N2O3S/c1-11-3-9-21-13(11)15(19)17-6-4-16(5-7-17)14(18)12-2-8-20-10-12/h2-3,8-10H,4-7H2,1H3. The van der Waals surface area contributed by atoms with Crippen LogP contribution in [-0.2, 0) is 0 Å². The Hall–Kier alpha value is -2.08. The van der Waals surface area contributed by atoms with E-state index in [9.17, 15) is 9.59 Å². The minimum atomic E-state index is -0.0387. The van der Waals surface area contributed by atoms with Gasteiger partial charge in [0.1, 0.15) is 6.26 Å². The average Bonchev–Trinajstić information content (AvgIpc) is 3.17. The predicted molar refractivity (Wildman–Crippen MR) is 79.6 cm³/mol. The number of rotatable bonds is 2. The highest BCUT2D eigenvalue weighted by atomic mass is 32.1. The molecule has 3 rings (SSSR count). The topological polar surface area (TPSA) is 53.8 Å². The van der Waals surface area contributed by atoms with Crippen LogP contribution in [-0.4, -0.2) is 47.8 Å². The number of piperazine rings is 1. The molecule has 2 aromatic heterocycles. The van der Waals surface area contributed by atoms with Crippen LogP contribution in [0, 0.1) is 6.92 Å². The van der Waals surface area contributed by atoms with Gasteiger partial charge in [0.2, 0.25) is 0 Å². The Labute approximate surface area is 126 Å². The summed E-state index contributed by atoms with van der Waals surface area (Å²) in [5.74, 6) is 0.0288. The van der Waals surface area contributed by atoms with Crippen LogP contribution >= 0.6 is 11.3 Å². The van der Waals surface area contributed by atoms with Crippen molar-refractivity contribution in [2.24, 2.45) is 0 Å². The Morgan fingerprint density at radius 3 is 2.29 bits per heavy atom. The van der Waals surface area contributed by atoms with Crippen molar-refractivity contribution in [2.45, 2.75) is 6.92 Å². The molecule has 110 valence electrons. The third-order valence-electron chi connectivity index (χ3n) is 3.68. The molecular weight excluding hydrogens is 288 g/mol. The van der Waals surface area contributed by atoms with E-state index in [1.807, 2.05) is 23.3 Å². The number of aryl methyl sites for hydroxylation is 1. The molecule has 1 aliphatic heterocycles. The summed E-state index contributed by atoms with van der Waals surface area (Å²) in [5.41, 5.74) is 1.57. The summed E-state index contributed by atoms with van der Waals surface area (Å²) in [6.45, 7) is 4.20. The molecule has 0 N–H and O–H groups in total. The number of thiophene rings is 1. The van der Waals surface area contributed by atoms with Gasteiger partial charge in [-0.2, -0.15) is 0 Å². The van der Waals surface area contributed by atoms with E-state index in [1.54, 1.807) is 11.0 Å². The molecular formula is C15H16N2O3S. The molecule has 0 bridgehead atoms. The molecule has 1 saturated heterocycles. The highest BCUT2D eigenvalue weighted by Gasteiger charge is 2.26. The number of amides is 2. The fraction of sp³-hybridized carbons (Fsp3) is 0.333. The van der Waals surface area contributed by atoms with Gasteiger partial charge < -0.3 is 14.2 Å². The summed E-state index contributed by atoms with van der Waals surface area (Å²) in [5, 5.41) is 1.93. The summed E-state index contributed by atoms with van der Waals surface area (Å²) >= 11 is 1.47. The molecule has 0 aliphatic carbocycles. The smallest absolute Gasteiger partial charge is 0.264 e. The molecule has 2 aromatic rings. The van der Waals surface area contributed by atoms with Gasteiger partial charge in [-0.25, -0.2) is 0 Å². The van der Waals surface area contributed by atoms with E-state index < -0.39 is 0 Å². The molecule has 0 atom stereocenters. The van der Waals surface area contributed by atoms with Gasteiger partial charge in [0.05, 0.1) is 16.7 Å². The zero-order chi connectivity index (χ0) is 14.8. The minimum Gasteiger partial charge on any atom is -0.472 e. The monoisotopic (exact) mass is 304 g/mol. The van der Waals surface area contributed by atoms with Crippen LogP contribution in [0.3, 0.4) is 0 Å². The van der Waals surface area contributed by atoms with E-state index in [1.165, 1.54) is 23.9 Å². The first kappa shape index (κ1) is 13.9. The normalized spacial score (nSPS) is 15.3. The Morgan fingerprint density at radius 2 is 1.76 bits per heavy atom. The fourth-order valence-electron chi connectivity index (χ4n) is 2.42. The Kier molecular flexibility index (Phi) is 3.79. The third-order valence-corrected chi connectivity index (χ3v) is 4.68. The Bertz CT molecular complexity index is 640. The van der Waals surface area contributed by atoms with Gasteiger partial charge >= 0.3 is 0 Å². The van der Waals surface area contributed by atoms with E-state index in [-0.39, 0.29) is 11.8 Å². The second kappa shape index (κ2) is 5.73. The van der Waals surface area contributed by atoms with Crippen LogP contribution in [0.15, 0.2) is 34.5 Å². The quantitative estimate of drug-likeness (QED) is 0.855. The first-order valence-electron chi connectivity index (χ1n) is 6.81. The van der Waals surface area contributed by atoms with Crippen LogP contribution in [0.25, 0.3) is 0 Å². The molecule has 1 fully saturated rings. The Morgan fingerprint density at radius 1 is 1.10 bits per heavy atom. The van der Waals surface area contributed by atoms with Crippen LogP contribution in [0.1, 0.15) is 25.6 Å². The van der Waals surface area contributed by atoms with Crippen molar-refractivity contribution in [3.8, 4) is 0 Å². The van der Waals surface area contributed by atoms with Gasteiger partial charge in [0, 0.05) is 26.2 Å². The summed E-state index contributed by atoms with van der Waals surface area (Å²) in [6.07, 6.45) is 2.95. The molecule has 0 saturated carbocycles. The molecule has 1 aliphatic rings. The van der Waals surface area contributed by atoms with E-state index in [0.717, 1.165) is 10.4 Å². The number of furan rings is 1. The molecule has 2 amide bonds. The van der Waals surface area contributed by atoms with Crippen LogP contribution in [0.2, 0.25) is 0 Å². The largest absolute Gasteiger partial charge is 0.472 e. The highest BCUT2D eigenvalue weighted by Crippen LogP contribution is 2.19. The van der Waals surface area contributed by atoms with E-state index in [4.69, 9.17) is 4.42 Å². The van der Waals surface area contributed by atoms with E-state index in [0.29, 0.717) is 31.7 Å². The molecule has 0 aromatic carbocycles. The van der Waals surface area contributed by atoms with Gasteiger partial charge in [0.25, 0.3) is 11.8 Å². The number of nitrogens with zero attached hydrogens (tertiary/aromatic N) is 2. The first-order valence-corrected chi connectivity index (χ1v) is 7.69. The van der Waals surface area contributed by atoms with Crippen molar-refractivity contribution in [3.05, 3.63) is 46.0 Å². The molecule has 0 spiro atoms. The third kappa shape index (κ3) is 2.71. The highest BCUT2D eigenvalue weighted by molar-refractivity contribution is 7.12. The summed E-state index contributed by atoms with van der Waals surface area (Å²) in [7, 11) is 0. The minimum absolute atomic E-state index is 0.0387. The van der Waals surface area contributed by atoms with Gasteiger partial charge in [-0.3, -0.25) is 9.59 Å². The molecule has 21 heavy (non-hydrogen) atoms. The molecule has 6 heteroatoms. The summed E-state index contributed by atoms with van der Waals surface area (Å²) in [4.78, 5) is 29.0. The van der Waals surface area contributed by atoms with Crippen LogP contribution in [0.5, 0.6) is 0 Å². The Balaban J connectivity index is 1.62. The number of carbonyl (C=O) groups excluding carboxylic acids is 2. The maximum atomic E-state index is 12.4. The van der Waals surface area contributed by atoms with Crippen molar-refractivity contribution >= 4 is 23.2 Å². The molecule has 0 radical (unpaired) electrons. The maximum Gasteiger partial charge on any atom is 0.264 e. The number of carbonyl (C=O) groups is 2. The fourth-order valence-corrected chi connectivity index (χ4v) is 3.31. The van der Waals surface area contributed by atoms with Crippen LogP contribution < -0.4 is 0 Å². The van der Waals surface area contributed by atoms with E-state index >= 15 is 0 Å². The predicted octanol–water partition coefficient (Wildman–Crippen LogP) is 2.25. The number of hydrogen-bond acceptors (Lipinski definition) is 4. The van der Waals surface area contributed by atoms with Crippen molar-refractivity contribution in [1.29, 1.82) is 0 Å². The first-order chi connectivity index (χ1) is 10.2. The lowest BCUT2D eigenvalue weighted by Gasteiger charge is -2.34. The van der Waals surface area contributed by atoms with Crippen molar-refractivity contribution in [2.75, 3.05) is 26.2 Å². The van der Waals surface area contributed by atoms with Gasteiger partial charge in [-0.05, 0) is 30.0 Å².